The van der Waals surface area contributed by atoms with Crippen LogP contribution in [0.5, 0.6) is 0 Å². The van der Waals surface area contributed by atoms with E-state index in [9.17, 15) is 4.79 Å². The smallest absolute Gasteiger partial charge is 0.272 e. The summed E-state index contributed by atoms with van der Waals surface area (Å²) < 4.78 is 0. The molecule has 0 spiro atoms. The predicted octanol–water partition coefficient (Wildman–Crippen LogP) is 2.55. The SMILES string of the molecule is C=CCNc1ccc(C(=O)N(C)CCCC)nc1. The molecule has 0 aromatic carbocycles. The molecule has 1 N–H and O–H groups in total. The maximum atomic E-state index is 12.0. The van der Waals surface area contributed by atoms with Crippen LogP contribution in [-0.2, 0) is 0 Å². The van der Waals surface area contributed by atoms with Gasteiger partial charge < -0.3 is 10.2 Å². The standard InChI is InChI=1S/C14H21N3O/c1-4-6-10-17(3)14(18)13-8-7-12(11-16-13)15-9-5-2/h5,7-8,11,15H,2,4,6,9-10H2,1,3H3. The molecule has 0 saturated heterocycles. The monoisotopic (exact) mass is 247 g/mol. The Morgan fingerprint density at radius 2 is 2.33 bits per heavy atom. The third kappa shape index (κ3) is 4.20. The second-order valence-corrected chi connectivity index (χ2v) is 4.18. The Bertz CT molecular complexity index is 387. The normalized spacial score (nSPS) is 9.89. The van der Waals surface area contributed by atoms with Crippen molar-refractivity contribution in [2.24, 2.45) is 0 Å². The molecule has 0 radical (unpaired) electrons. The van der Waals surface area contributed by atoms with Crippen LogP contribution in [0, 0.1) is 0 Å². The minimum Gasteiger partial charge on any atom is -0.380 e. The summed E-state index contributed by atoms with van der Waals surface area (Å²) in [6.07, 6.45) is 5.54. The van der Waals surface area contributed by atoms with E-state index in [1.54, 1.807) is 23.2 Å². The summed E-state index contributed by atoms with van der Waals surface area (Å²) in [6.45, 7) is 7.19. The lowest BCUT2D eigenvalue weighted by molar-refractivity contribution is 0.0787. The zero-order chi connectivity index (χ0) is 13.4. The molecule has 1 aromatic rings. The molecule has 0 unspecified atom stereocenters. The number of aromatic nitrogens is 1. The van der Waals surface area contributed by atoms with Crippen molar-refractivity contribution in [2.75, 3.05) is 25.5 Å². The zero-order valence-electron chi connectivity index (χ0n) is 11.1. The first-order chi connectivity index (χ1) is 8.69. The van der Waals surface area contributed by atoms with Crippen LogP contribution in [0.25, 0.3) is 0 Å². The van der Waals surface area contributed by atoms with Crippen LogP contribution in [-0.4, -0.2) is 35.9 Å². The van der Waals surface area contributed by atoms with Crippen molar-refractivity contribution in [1.29, 1.82) is 0 Å². The van der Waals surface area contributed by atoms with Crippen molar-refractivity contribution in [3.05, 3.63) is 36.7 Å². The van der Waals surface area contributed by atoms with Gasteiger partial charge in [-0.3, -0.25) is 4.79 Å². The molecule has 1 aromatic heterocycles. The largest absolute Gasteiger partial charge is 0.380 e. The number of carbonyl (C=O) groups excluding carboxylic acids is 1. The first kappa shape index (κ1) is 14.2. The fraction of sp³-hybridized carbons (Fsp3) is 0.429. The van der Waals surface area contributed by atoms with Crippen LogP contribution in [0.15, 0.2) is 31.0 Å². The van der Waals surface area contributed by atoms with Gasteiger partial charge in [0, 0.05) is 20.1 Å². The van der Waals surface area contributed by atoms with Crippen molar-refractivity contribution in [3.8, 4) is 0 Å². The van der Waals surface area contributed by atoms with E-state index in [1.807, 2.05) is 13.1 Å². The van der Waals surface area contributed by atoms with Crippen molar-refractivity contribution in [3.63, 3.8) is 0 Å². The molecule has 1 amide bonds. The highest BCUT2D eigenvalue weighted by Crippen LogP contribution is 2.08. The molecule has 0 aliphatic heterocycles. The second-order valence-electron chi connectivity index (χ2n) is 4.18. The van der Waals surface area contributed by atoms with Gasteiger partial charge in [0.2, 0.25) is 0 Å². The molecule has 0 aliphatic carbocycles. The summed E-state index contributed by atoms with van der Waals surface area (Å²) in [7, 11) is 1.81. The number of carbonyl (C=O) groups is 1. The Balaban J connectivity index is 2.60. The van der Waals surface area contributed by atoms with Crippen molar-refractivity contribution in [1.82, 2.24) is 9.88 Å². The molecule has 4 nitrogen and oxygen atoms in total. The van der Waals surface area contributed by atoms with Gasteiger partial charge >= 0.3 is 0 Å². The van der Waals surface area contributed by atoms with E-state index >= 15 is 0 Å². The number of nitrogens with one attached hydrogen (secondary N) is 1. The number of amides is 1. The molecule has 0 saturated carbocycles. The van der Waals surface area contributed by atoms with E-state index in [-0.39, 0.29) is 5.91 Å². The van der Waals surface area contributed by atoms with E-state index in [2.05, 4.69) is 23.8 Å². The number of pyridine rings is 1. The highest BCUT2D eigenvalue weighted by atomic mass is 16.2. The molecular weight excluding hydrogens is 226 g/mol. The number of anilines is 1. The Hall–Kier alpha value is -1.84. The van der Waals surface area contributed by atoms with Crippen LogP contribution in [0.2, 0.25) is 0 Å². The van der Waals surface area contributed by atoms with E-state index in [4.69, 9.17) is 0 Å². The summed E-state index contributed by atoms with van der Waals surface area (Å²) >= 11 is 0. The van der Waals surface area contributed by atoms with Gasteiger partial charge in [0.05, 0.1) is 11.9 Å². The summed E-state index contributed by atoms with van der Waals surface area (Å²) in [5.41, 5.74) is 1.38. The average Bonchev–Trinajstić information content (AvgIpc) is 2.42. The number of rotatable bonds is 7. The minimum absolute atomic E-state index is 0.0290. The molecule has 18 heavy (non-hydrogen) atoms. The Labute approximate surface area is 109 Å². The van der Waals surface area contributed by atoms with Crippen LogP contribution in [0.3, 0.4) is 0 Å². The zero-order valence-corrected chi connectivity index (χ0v) is 11.1. The van der Waals surface area contributed by atoms with E-state index in [0.717, 1.165) is 25.1 Å². The highest BCUT2D eigenvalue weighted by molar-refractivity contribution is 5.92. The van der Waals surface area contributed by atoms with Gasteiger partial charge in [-0.05, 0) is 18.6 Å². The summed E-state index contributed by atoms with van der Waals surface area (Å²) in [5, 5.41) is 3.12. The quantitative estimate of drug-likeness (QED) is 0.753. The van der Waals surface area contributed by atoms with E-state index < -0.39 is 0 Å². The second kappa shape index (κ2) is 7.48. The summed E-state index contributed by atoms with van der Waals surface area (Å²) in [4.78, 5) is 17.9. The number of hydrogen-bond donors (Lipinski definition) is 1. The molecule has 4 heteroatoms. The molecule has 0 aliphatic rings. The minimum atomic E-state index is -0.0290. The van der Waals surface area contributed by atoms with Crippen LogP contribution in [0.4, 0.5) is 5.69 Å². The fourth-order valence-electron chi connectivity index (χ4n) is 1.51. The molecular formula is C14H21N3O. The lowest BCUT2D eigenvalue weighted by atomic mass is 10.2. The Morgan fingerprint density at radius 3 is 2.89 bits per heavy atom. The first-order valence-corrected chi connectivity index (χ1v) is 6.25. The number of nitrogens with zero attached hydrogens (tertiary/aromatic N) is 2. The first-order valence-electron chi connectivity index (χ1n) is 6.25. The van der Waals surface area contributed by atoms with Gasteiger partial charge in [-0.1, -0.05) is 19.4 Å². The number of hydrogen-bond acceptors (Lipinski definition) is 3. The van der Waals surface area contributed by atoms with Gasteiger partial charge in [0.25, 0.3) is 5.91 Å². The van der Waals surface area contributed by atoms with Crippen LogP contribution >= 0.6 is 0 Å². The van der Waals surface area contributed by atoms with Gasteiger partial charge in [0.1, 0.15) is 5.69 Å². The van der Waals surface area contributed by atoms with E-state index in [1.165, 1.54) is 0 Å². The number of unbranched alkanes of at least 4 members (excludes halogenated alkanes) is 1. The molecule has 0 atom stereocenters. The Kier molecular flexibility index (Phi) is 5.91. The van der Waals surface area contributed by atoms with Crippen LogP contribution < -0.4 is 5.32 Å². The molecule has 1 rings (SSSR count). The molecule has 0 fully saturated rings. The fourth-order valence-corrected chi connectivity index (χ4v) is 1.51. The van der Waals surface area contributed by atoms with Gasteiger partial charge in [-0.2, -0.15) is 0 Å². The van der Waals surface area contributed by atoms with Crippen molar-refractivity contribution in [2.45, 2.75) is 19.8 Å². The molecule has 98 valence electrons. The van der Waals surface area contributed by atoms with Gasteiger partial charge in [-0.15, -0.1) is 6.58 Å². The molecule has 1 heterocycles. The van der Waals surface area contributed by atoms with Crippen molar-refractivity contribution >= 4 is 11.6 Å². The molecule has 0 bridgehead atoms. The topological polar surface area (TPSA) is 45.2 Å². The van der Waals surface area contributed by atoms with E-state index in [0.29, 0.717) is 12.2 Å². The lowest BCUT2D eigenvalue weighted by Crippen LogP contribution is -2.28. The summed E-state index contributed by atoms with van der Waals surface area (Å²) in [5.74, 6) is -0.0290. The van der Waals surface area contributed by atoms with Crippen molar-refractivity contribution < 1.29 is 4.79 Å². The van der Waals surface area contributed by atoms with Gasteiger partial charge in [-0.25, -0.2) is 4.98 Å². The third-order valence-corrected chi connectivity index (χ3v) is 2.63. The Morgan fingerprint density at radius 1 is 1.56 bits per heavy atom. The van der Waals surface area contributed by atoms with Gasteiger partial charge in [0.15, 0.2) is 0 Å². The maximum absolute atomic E-state index is 12.0. The third-order valence-electron chi connectivity index (χ3n) is 2.63. The average molecular weight is 247 g/mol. The predicted molar refractivity (Wildman–Crippen MR) is 74.8 cm³/mol. The highest BCUT2D eigenvalue weighted by Gasteiger charge is 2.11. The summed E-state index contributed by atoms with van der Waals surface area (Å²) in [6, 6.07) is 3.60. The maximum Gasteiger partial charge on any atom is 0.272 e. The lowest BCUT2D eigenvalue weighted by Gasteiger charge is -2.16. The van der Waals surface area contributed by atoms with Crippen LogP contribution in [0.1, 0.15) is 30.3 Å².